The normalized spacial score (nSPS) is 22.1. The van der Waals surface area contributed by atoms with Crippen LogP contribution in [-0.2, 0) is 37.0 Å². The zero-order chi connectivity index (χ0) is 30.6. The lowest BCUT2D eigenvalue weighted by atomic mass is 9.71. The molecule has 2 saturated carbocycles. The van der Waals surface area contributed by atoms with Crippen molar-refractivity contribution in [3.8, 4) is 5.75 Å². The summed E-state index contributed by atoms with van der Waals surface area (Å²) in [6.45, 7) is 5.65. The molecule has 0 bridgehead atoms. The number of ether oxygens (including phenoxy) is 5. The van der Waals surface area contributed by atoms with Gasteiger partial charge in [0.15, 0.2) is 0 Å². The van der Waals surface area contributed by atoms with Crippen LogP contribution in [-0.4, -0.2) is 65.6 Å². The van der Waals surface area contributed by atoms with Crippen molar-refractivity contribution in [2.45, 2.75) is 89.4 Å². The summed E-state index contributed by atoms with van der Waals surface area (Å²) < 4.78 is 28.9. The second-order valence-corrected chi connectivity index (χ2v) is 12.8. The zero-order valence-electron chi connectivity index (χ0n) is 27.0. The van der Waals surface area contributed by atoms with Gasteiger partial charge in [0.25, 0.3) is 0 Å². The largest absolute Gasteiger partial charge is 0.490 e. The molecule has 5 rings (SSSR count). The highest BCUT2D eigenvalue weighted by Gasteiger charge is 2.36. The molecule has 0 saturated heterocycles. The fraction of sp³-hybridized carbons (Fsp3) is 0.649. The van der Waals surface area contributed by atoms with Gasteiger partial charge in [0.2, 0.25) is 0 Å². The van der Waals surface area contributed by atoms with E-state index in [1.165, 1.54) is 24.0 Å². The minimum absolute atomic E-state index is 0.115. The van der Waals surface area contributed by atoms with Crippen LogP contribution in [0.5, 0.6) is 5.75 Å². The van der Waals surface area contributed by atoms with E-state index in [1.54, 1.807) is 14.2 Å². The molecule has 7 nitrogen and oxygen atoms in total. The summed E-state index contributed by atoms with van der Waals surface area (Å²) in [7, 11) is 3.45. The van der Waals surface area contributed by atoms with E-state index in [0.29, 0.717) is 57.1 Å². The summed E-state index contributed by atoms with van der Waals surface area (Å²) in [5, 5.41) is 0. The summed E-state index contributed by atoms with van der Waals surface area (Å²) in [5.41, 5.74) is 4.81. The molecule has 0 spiro atoms. The number of Topliss-reactive ketones (excluding diaryl/α,β-unsaturated/α-hetero) is 1. The third-order valence-electron chi connectivity index (χ3n) is 9.83. The lowest BCUT2D eigenvalue weighted by molar-refractivity contribution is -0.123. The van der Waals surface area contributed by atoms with Crippen LogP contribution in [0.2, 0.25) is 0 Å². The molecule has 7 heteroatoms. The average Bonchev–Trinajstić information content (AvgIpc) is 3.61. The van der Waals surface area contributed by atoms with Crippen LogP contribution in [0.25, 0.3) is 0 Å². The van der Waals surface area contributed by atoms with Crippen molar-refractivity contribution in [1.82, 2.24) is 0 Å². The molecule has 2 fully saturated rings. The Bertz CT molecular complexity index is 1150. The third kappa shape index (κ3) is 9.06. The molecule has 3 aliphatic rings. The summed E-state index contributed by atoms with van der Waals surface area (Å²) in [4.78, 5) is 15.5. The Labute approximate surface area is 264 Å². The molecule has 1 heterocycles. The van der Waals surface area contributed by atoms with E-state index in [1.807, 2.05) is 0 Å². The molecular weight excluding hydrogens is 554 g/mol. The second kappa shape index (κ2) is 17.3. The molecule has 242 valence electrons. The number of hydrogen-bond donors (Lipinski definition) is 0. The first-order valence-electron chi connectivity index (χ1n) is 17.0. The number of hydrogen-bond acceptors (Lipinski definition) is 7. The van der Waals surface area contributed by atoms with E-state index in [4.69, 9.17) is 23.7 Å². The Morgan fingerprint density at radius 3 is 2.48 bits per heavy atom. The molecule has 0 amide bonds. The number of benzene rings is 2. The Morgan fingerprint density at radius 1 is 0.886 bits per heavy atom. The van der Waals surface area contributed by atoms with Crippen molar-refractivity contribution in [3.05, 3.63) is 59.2 Å². The number of rotatable bonds is 17. The Hall–Kier alpha value is -2.45. The molecule has 0 radical (unpaired) electrons. The van der Waals surface area contributed by atoms with Gasteiger partial charge >= 0.3 is 0 Å². The molecule has 2 aromatic rings. The van der Waals surface area contributed by atoms with Crippen LogP contribution in [0.4, 0.5) is 5.69 Å². The minimum Gasteiger partial charge on any atom is -0.490 e. The summed E-state index contributed by atoms with van der Waals surface area (Å²) in [6, 6.07) is 15.4. The van der Waals surface area contributed by atoms with Crippen LogP contribution >= 0.6 is 0 Å². The maximum absolute atomic E-state index is 13.1. The highest BCUT2D eigenvalue weighted by atomic mass is 16.5. The number of carbonyl (C=O) groups excluding carboxylic acids is 1. The van der Waals surface area contributed by atoms with Crippen LogP contribution in [0.1, 0.15) is 86.8 Å². The molecule has 2 aliphatic carbocycles. The quantitative estimate of drug-likeness (QED) is 0.178. The Balaban J connectivity index is 1.28. The van der Waals surface area contributed by atoms with Crippen molar-refractivity contribution in [1.29, 1.82) is 0 Å². The zero-order valence-corrected chi connectivity index (χ0v) is 27.0. The van der Waals surface area contributed by atoms with Crippen molar-refractivity contribution in [2.75, 3.05) is 58.6 Å². The lowest BCUT2D eigenvalue weighted by Crippen LogP contribution is -2.34. The van der Waals surface area contributed by atoms with Gasteiger partial charge in [-0.15, -0.1) is 0 Å². The SMILES string of the molecule is COCCCN1CCOc2ccc(CO[C@H]3CCC[C@@H](CCC(=O)C4CCCC4)[C@@H]3c3ccc(COCCOC)cc3)cc21. The average molecular weight is 608 g/mol. The molecule has 1 aliphatic heterocycles. The maximum atomic E-state index is 13.1. The van der Waals surface area contributed by atoms with Gasteiger partial charge in [0.05, 0.1) is 44.8 Å². The lowest BCUT2D eigenvalue weighted by Gasteiger charge is -2.39. The molecule has 3 atom stereocenters. The topological polar surface area (TPSA) is 66.5 Å². The van der Waals surface area contributed by atoms with Gasteiger partial charge in [-0.2, -0.15) is 0 Å². The number of carbonyl (C=O) groups is 1. The molecular formula is C37H53NO6. The molecule has 2 aromatic carbocycles. The van der Waals surface area contributed by atoms with E-state index >= 15 is 0 Å². The number of methoxy groups -OCH3 is 2. The fourth-order valence-electron chi connectivity index (χ4n) is 7.43. The van der Waals surface area contributed by atoms with Crippen LogP contribution in [0.15, 0.2) is 42.5 Å². The summed E-state index contributed by atoms with van der Waals surface area (Å²) in [6.07, 6.45) is 10.7. The Kier molecular flexibility index (Phi) is 12.9. The predicted octanol–water partition coefficient (Wildman–Crippen LogP) is 7.09. The molecule has 0 N–H and O–H groups in total. The van der Waals surface area contributed by atoms with Crippen LogP contribution in [0.3, 0.4) is 0 Å². The Morgan fingerprint density at radius 2 is 1.68 bits per heavy atom. The summed E-state index contributed by atoms with van der Waals surface area (Å²) >= 11 is 0. The van der Waals surface area contributed by atoms with Gasteiger partial charge in [0.1, 0.15) is 18.1 Å². The predicted molar refractivity (Wildman–Crippen MR) is 173 cm³/mol. The van der Waals surface area contributed by atoms with E-state index in [-0.39, 0.29) is 12.0 Å². The van der Waals surface area contributed by atoms with Crippen molar-refractivity contribution < 1.29 is 28.5 Å². The van der Waals surface area contributed by atoms with E-state index in [9.17, 15) is 4.79 Å². The van der Waals surface area contributed by atoms with Crippen LogP contribution in [0, 0.1) is 11.8 Å². The number of nitrogens with zero attached hydrogens (tertiary/aromatic N) is 1. The van der Waals surface area contributed by atoms with Crippen molar-refractivity contribution >= 4 is 11.5 Å². The van der Waals surface area contributed by atoms with Gasteiger partial charge in [-0.25, -0.2) is 0 Å². The number of anilines is 1. The monoisotopic (exact) mass is 607 g/mol. The number of fused-ring (bicyclic) bond motifs is 1. The second-order valence-electron chi connectivity index (χ2n) is 12.8. The first-order chi connectivity index (χ1) is 21.7. The third-order valence-corrected chi connectivity index (χ3v) is 9.83. The fourth-order valence-corrected chi connectivity index (χ4v) is 7.43. The number of ketones is 1. The van der Waals surface area contributed by atoms with Gasteiger partial charge in [-0.05, 0) is 73.3 Å². The van der Waals surface area contributed by atoms with Gasteiger partial charge in [0, 0.05) is 45.6 Å². The van der Waals surface area contributed by atoms with E-state index in [0.717, 1.165) is 81.6 Å². The standard InChI is InChI=1S/C37H53NO6/c1-40-21-6-19-38-20-22-43-35-18-13-29(25-33(35)38)27-44-36-10-5-9-31(16-17-34(39)30-7-3-4-8-30)37(36)32-14-11-28(12-15-32)26-42-24-23-41-2/h11-15,18,25,30-31,36-37H,3-10,16-17,19-24,26-27H2,1-2H3/t31-,36-,37+/m0/s1. The first kappa shape index (κ1) is 32.9. The molecule has 44 heavy (non-hydrogen) atoms. The first-order valence-corrected chi connectivity index (χ1v) is 17.0. The molecule has 0 aromatic heterocycles. The van der Waals surface area contributed by atoms with Gasteiger partial charge in [-0.3, -0.25) is 4.79 Å². The van der Waals surface area contributed by atoms with Gasteiger partial charge in [-0.1, -0.05) is 49.6 Å². The van der Waals surface area contributed by atoms with Gasteiger partial charge < -0.3 is 28.6 Å². The minimum atomic E-state index is 0.115. The van der Waals surface area contributed by atoms with Crippen LogP contribution < -0.4 is 9.64 Å². The highest BCUT2D eigenvalue weighted by molar-refractivity contribution is 5.81. The maximum Gasteiger partial charge on any atom is 0.142 e. The summed E-state index contributed by atoms with van der Waals surface area (Å²) in [5.74, 6) is 2.44. The van der Waals surface area contributed by atoms with Crippen molar-refractivity contribution in [2.24, 2.45) is 11.8 Å². The molecule has 0 unspecified atom stereocenters. The van der Waals surface area contributed by atoms with Crippen molar-refractivity contribution in [3.63, 3.8) is 0 Å². The highest BCUT2D eigenvalue weighted by Crippen LogP contribution is 2.43. The van der Waals surface area contributed by atoms with E-state index in [2.05, 4.69) is 47.4 Å². The smallest absolute Gasteiger partial charge is 0.142 e. The van der Waals surface area contributed by atoms with E-state index < -0.39 is 0 Å².